The minimum atomic E-state index is 0.0434. The number of aryl methyl sites for hydroxylation is 1. The van der Waals surface area contributed by atoms with Crippen LogP contribution >= 0.6 is 11.8 Å². The smallest absolute Gasteiger partial charge is 0.191 e. The fourth-order valence-corrected chi connectivity index (χ4v) is 2.20. The molecular weight excluding hydrogens is 250 g/mol. The van der Waals surface area contributed by atoms with Gasteiger partial charge < -0.3 is 9.30 Å². The van der Waals surface area contributed by atoms with Crippen molar-refractivity contribution in [3.63, 3.8) is 0 Å². The Balaban J connectivity index is 2.01. The first-order valence-corrected chi connectivity index (χ1v) is 6.33. The summed E-state index contributed by atoms with van der Waals surface area (Å²) in [6.45, 7) is 0. The van der Waals surface area contributed by atoms with Crippen LogP contribution in [0.25, 0.3) is 0 Å². The summed E-state index contributed by atoms with van der Waals surface area (Å²) in [7, 11) is 3.43. The van der Waals surface area contributed by atoms with Crippen LogP contribution < -0.4 is 4.74 Å². The molecule has 0 amide bonds. The number of aromatic nitrogens is 3. The highest BCUT2D eigenvalue weighted by atomic mass is 32.2. The molecule has 0 bridgehead atoms. The van der Waals surface area contributed by atoms with Gasteiger partial charge in [0.1, 0.15) is 12.1 Å². The van der Waals surface area contributed by atoms with Crippen molar-refractivity contribution in [2.45, 2.75) is 5.16 Å². The predicted octanol–water partition coefficient (Wildman–Crippen LogP) is 1.80. The first-order chi connectivity index (χ1) is 8.70. The van der Waals surface area contributed by atoms with Crippen molar-refractivity contribution in [3.05, 3.63) is 36.2 Å². The Labute approximate surface area is 109 Å². The SMILES string of the molecule is COc1cccc(C(=O)CSc2nncn2C)c1. The minimum Gasteiger partial charge on any atom is -0.497 e. The second kappa shape index (κ2) is 5.68. The third-order valence-electron chi connectivity index (χ3n) is 2.39. The summed E-state index contributed by atoms with van der Waals surface area (Å²) in [5.74, 6) is 1.06. The Bertz CT molecular complexity index is 554. The zero-order chi connectivity index (χ0) is 13.0. The average Bonchev–Trinajstić information content (AvgIpc) is 2.81. The third kappa shape index (κ3) is 2.89. The Morgan fingerprint density at radius 3 is 3.00 bits per heavy atom. The summed E-state index contributed by atoms with van der Waals surface area (Å²) in [6.07, 6.45) is 1.61. The van der Waals surface area contributed by atoms with Crippen LogP contribution in [-0.2, 0) is 7.05 Å². The number of Topliss-reactive ketones (excluding diaryl/α,β-unsaturated/α-hetero) is 1. The molecule has 0 saturated heterocycles. The van der Waals surface area contributed by atoms with Gasteiger partial charge in [0.05, 0.1) is 12.9 Å². The minimum absolute atomic E-state index is 0.0434. The van der Waals surface area contributed by atoms with E-state index in [9.17, 15) is 4.79 Å². The lowest BCUT2D eigenvalue weighted by Gasteiger charge is -2.03. The van der Waals surface area contributed by atoms with E-state index in [1.807, 2.05) is 13.1 Å². The van der Waals surface area contributed by atoms with Gasteiger partial charge in [0.15, 0.2) is 10.9 Å². The van der Waals surface area contributed by atoms with Crippen molar-refractivity contribution in [2.75, 3.05) is 12.9 Å². The lowest BCUT2D eigenvalue weighted by Crippen LogP contribution is -2.03. The van der Waals surface area contributed by atoms with Crippen molar-refractivity contribution in [3.8, 4) is 5.75 Å². The molecular formula is C12H13N3O2S. The van der Waals surface area contributed by atoms with Gasteiger partial charge in [0.25, 0.3) is 0 Å². The summed E-state index contributed by atoms with van der Waals surface area (Å²) < 4.78 is 6.87. The molecule has 1 aromatic heterocycles. The maximum atomic E-state index is 12.0. The number of carbonyl (C=O) groups is 1. The van der Waals surface area contributed by atoms with Gasteiger partial charge in [0, 0.05) is 12.6 Å². The Kier molecular flexibility index (Phi) is 3.99. The Hall–Kier alpha value is -1.82. The number of nitrogens with zero attached hydrogens (tertiary/aromatic N) is 3. The third-order valence-corrected chi connectivity index (χ3v) is 3.43. The molecule has 0 atom stereocenters. The second-order valence-corrected chi connectivity index (χ2v) is 4.61. The number of ketones is 1. The van der Waals surface area contributed by atoms with Crippen LogP contribution in [0.2, 0.25) is 0 Å². The molecule has 0 N–H and O–H groups in total. The number of hydrogen-bond donors (Lipinski definition) is 0. The summed E-state index contributed by atoms with van der Waals surface area (Å²) in [4.78, 5) is 12.0. The fourth-order valence-electron chi connectivity index (χ4n) is 1.41. The van der Waals surface area contributed by atoms with Crippen molar-refractivity contribution < 1.29 is 9.53 Å². The number of thioether (sulfide) groups is 1. The summed E-state index contributed by atoms with van der Waals surface area (Å²) in [5.41, 5.74) is 0.643. The van der Waals surface area contributed by atoms with Gasteiger partial charge in [-0.25, -0.2) is 0 Å². The molecule has 6 heteroatoms. The largest absolute Gasteiger partial charge is 0.497 e. The molecule has 94 valence electrons. The van der Waals surface area contributed by atoms with E-state index in [1.54, 1.807) is 36.2 Å². The highest BCUT2D eigenvalue weighted by Gasteiger charge is 2.09. The summed E-state index contributed by atoms with van der Waals surface area (Å²) in [5, 5.41) is 8.40. The maximum Gasteiger partial charge on any atom is 0.191 e. The van der Waals surface area contributed by atoms with Gasteiger partial charge in [-0.1, -0.05) is 23.9 Å². The fraction of sp³-hybridized carbons (Fsp3) is 0.250. The normalized spacial score (nSPS) is 10.3. The van der Waals surface area contributed by atoms with E-state index in [4.69, 9.17) is 4.74 Å². The Morgan fingerprint density at radius 1 is 1.50 bits per heavy atom. The highest BCUT2D eigenvalue weighted by molar-refractivity contribution is 7.99. The summed E-state index contributed by atoms with van der Waals surface area (Å²) in [6, 6.07) is 7.13. The zero-order valence-corrected chi connectivity index (χ0v) is 11.0. The average molecular weight is 263 g/mol. The number of rotatable bonds is 5. The molecule has 0 unspecified atom stereocenters. The number of benzene rings is 1. The van der Waals surface area contributed by atoms with E-state index < -0.39 is 0 Å². The van der Waals surface area contributed by atoms with Crippen LogP contribution in [0.5, 0.6) is 5.75 Å². The van der Waals surface area contributed by atoms with E-state index in [2.05, 4.69) is 10.2 Å². The first-order valence-electron chi connectivity index (χ1n) is 5.35. The van der Waals surface area contributed by atoms with E-state index in [0.29, 0.717) is 17.1 Å². The molecule has 1 heterocycles. The molecule has 5 nitrogen and oxygen atoms in total. The topological polar surface area (TPSA) is 57.0 Å². The second-order valence-electron chi connectivity index (χ2n) is 3.67. The molecule has 0 spiro atoms. The quantitative estimate of drug-likeness (QED) is 0.608. The maximum absolute atomic E-state index is 12.0. The van der Waals surface area contributed by atoms with E-state index in [-0.39, 0.29) is 5.78 Å². The number of carbonyl (C=O) groups excluding carboxylic acids is 1. The molecule has 18 heavy (non-hydrogen) atoms. The lowest BCUT2D eigenvalue weighted by molar-refractivity contribution is 0.102. The van der Waals surface area contributed by atoms with Crippen LogP contribution in [0.4, 0.5) is 0 Å². The molecule has 1 aromatic carbocycles. The zero-order valence-electron chi connectivity index (χ0n) is 10.2. The molecule has 0 radical (unpaired) electrons. The van der Waals surface area contributed by atoms with Gasteiger partial charge in [0.2, 0.25) is 0 Å². The van der Waals surface area contributed by atoms with Crippen LogP contribution in [0, 0.1) is 0 Å². The number of hydrogen-bond acceptors (Lipinski definition) is 5. The summed E-state index contributed by atoms with van der Waals surface area (Å²) >= 11 is 1.37. The van der Waals surface area contributed by atoms with Crippen molar-refractivity contribution in [1.29, 1.82) is 0 Å². The monoisotopic (exact) mass is 263 g/mol. The van der Waals surface area contributed by atoms with Crippen molar-refractivity contribution in [2.24, 2.45) is 7.05 Å². The van der Waals surface area contributed by atoms with Crippen LogP contribution in [0.1, 0.15) is 10.4 Å². The van der Waals surface area contributed by atoms with Gasteiger partial charge in [-0.2, -0.15) is 0 Å². The van der Waals surface area contributed by atoms with Crippen molar-refractivity contribution >= 4 is 17.5 Å². The molecule has 0 aliphatic rings. The van der Waals surface area contributed by atoms with Gasteiger partial charge in [-0.15, -0.1) is 10.2 Å². The molecule has 2 rings (SSSR count). The van der Waals surface area contributed by atoms with Gasteiger partial charge in [-0.3, -0.25) is 4.79 Å². The molecule has 0 aliphatic carbocycles. The van der Waals surface area contributed by atoms with Gasteiger partial charge >= 0.3 is 0 Å². The number of methoxy groups -OCH3 is 1. The van der Waals surface area contributed by atoms with E-state index in [0.717, 1.165) is 5.16 Å². The molecule has 0 aliphatic heterocycles. The Morgan fingerprint density at radius 2 is 2.33 bits per heavy atom. The van der Waals surface area contributed by atoms with E-state index >= 15 is 0 Å². The highest BCUT2D eigenvalue weighted by Crippen LogP contribution is 2.18. The first kappa shape index (κ1) is 12.6. The number of ether oxygens (including phenoxy) is 1. The van der Waals surface area contributed by atoms with Crippen LogP contribution in [0.3, 0.4) is 0 Å². The van der Waals surface area contributed by atoms with Crippen LogP contribution in [-0.4, -0.2) is 33.4 Å². The molecule has 2 aromatic rings. The lowest BCUT2D eigenvalue weighted by atomic mass is 10.1. The van der Waals surface area contributed by atoms with E-state index in [1.165, 1.54) is 11.8 Å². The van der Waals surface area contributed by atoms with Crippen molar-refractivity contribution in [1.82, 2.24) is 14.8 Å². The van der Waals surface area contributed by atoms with Crippen LogP contribution in [0.15, 0.2) is 35.7 Å². The predicted molar refractivity (Wildman–Crippen MR) is 69.1 cm³/mol. The molecule has 0 fully saturated rings. The molecule has 0 saturated carbocycles. The van der Waals surface area contributed by atoms with Gasteiger partial charge in [-0.05, 0) is 12.1 Å². The standard InChI is InChI=1S/C12H13N3O2S/c1-15-8-13-14-12(15)18-7-11(16)9-4-3-5-10(6-9)17-2/h3-6,8H,7H2,1-2H3.